The van der Waals surface area contributed by atoms with Gasteiger partial charge >= 0.3 is 0 Å². The molecule has 0 bridgehead atoms. The maximum atomic E-state index is 12.8. The van der Waals surface area contributed by atoms with Gasteiger partial charge in [0.1, 0.15) is 17.2 Å². The Morgan fingerprint density at radius 3 is 2.48 bits per heavy atom. The molecule has 9 heteroatoms. The van der Waals surface area contributed by atoms with E-state index in [1.807, 2.05) is 6.92 Å². The van der Waals surface area contributed by atoms with Crippen molar-refractivity contribution in [2.45, 2.75) is 26.0 Å². The third-order valence-corrected chi connectivity index (χ3v) is 4.86. The molecule has 2 aromatic carbocycles. The first-order valence-corrected chi connectivity index (χ1v) is 10.0. The lowest BCUT2D eigenvalue weighted by Crippen LogP contribution is -2.39. The van der Waals surface area contributed by atoms with Crippen molar-refractivity contribution in [2.24, 2.45) is 0 Å². The fourth-order valence-electron chi connectivity index (χ4n) is 2.92. The van der Waals surface area contributed by atoms with Crippen molar-refractivity contribution >= 4 is 17.5 Å². The Morgan fingerprint density at radius 1 is 1.13 bits per heavy atom. The molecule has 0 N–H and O–H groups in total. The van der Waals surface area contributed by atoms with Crippen molar-refractivity contribution in [1.29, 1.82) is 0 Å². The van der Waals surface area contributed by atoms with Crippen molar-refractivity contribution in [3.05, 3.63) is 53.4 Å². The molecule has 0 radical (unpaired) electrons. The summed E-state index contributed by atoms with van der Waals surface area (Å²) < 4.78 is 21.8. The highest BCUT2D eigenvalue weighted by Crippen LogP contribution is 2.31. The largest absolute Gasteiger partial charge is 0.497 e. The number of aromatic nitrogens is 2. The molecule has 1 aromatic heterocycles. The minimum atomic E-state index is -0.643. The molecular weight excluding hydrogens is 422 g/mol. The van der Waals surface area contributed by atoms with E-state index in [0.717, 1.165) is 0 Å². The third kappa shape index (κ3) is 5.46. The van der Waals surface area contributed by atoms with Gasteiger partial charge in [0.2, 0.25) is 11.7 Å². The van der Waals surface area contributed by atoms with Gasteiger partial charge in [-0.2, -0.15) is 4.98 Å². The highest BCUT2D eigenvalue weighted by Gasteiger charge is 2.24. The normalized spacial score (nSPS) is 11.6. The second kappa shape index (κ2) is 10.2. The summed E-state index contributed by atoms with van der Waals surface area (Å²) in [5, 5.41) is 4.62. The predicted molar refractivity (Wildman–Crippen MR) is 115 cm³/mol. The van der Waals surface area contributed by atoms with Crippen LogP contribution < -0.4 is 14.2 Å². The summed E-state index contributed by atoms with van der Waals surface area (Å²) in [5.41, 5.74) is 0.657. The first-order chi connectivity index (χ1) is 14.9. The van der Waals surface area contributed by atoms with Gasteiger partial charge in [0, 0.05) is 18.1 Å². The summed E-state index contributed by atoms with van der Waals surface area (Å²) in [6.07, 6.45) is -0.139. The van der Waals surface area contributed by atoms with Crippen LogP contribution in [0.4, 0.5) is 0 Å². The smallest absolute Gasteiger partial charge is 0.263 e. The number of rotatable bonds is 9. The van der Waals surface area contributed by atoms with Crippen molar-refractivity contribution in [3.63, 3.8) is 0 Å². The second-order valence-electron chi connectivity index (χ2n) is 6.74. The lowest BCUT2D eigenvalue weighted by atomic mass is 10.2. The number of nitrogens with zero attached hydrogens (tertiary/aromatic N) is 3. The van der Waals surface area contributed by atoms with Gasteiger partial charge in [0.05, 0.1) is 26.3 Å². The fourth-order valence-corrected chi connectivity index (χ4v) is 3.05. The highest BCUT2D eigenvalue weighted by molar-refractivity contribution is 6.30. The van der Waals surface area contributed by atoms with Crippen LogP contribution >= 0.6 is 11.6 Å². The first-order valence-electron chi connectivity index (χ1n) is 9.67. The average molecular weight is 446 g/mol. The van der Waals surface area contributed by atoms with Crippen LogP contribution in [0, 0.1) is 0 Å². The molecule has 0 aliphatic heterocycles. The Bertz CT molecular complexity index is 1020. The van der Waals surface area contributed by atoms with E-state index in [9.17, 15) is 4.79 Å². The highest BCUT2D eigenvalue weighted by atomic mass is 35.5. The molecule has 0 saturated heterocycles. The van der Waals surface area contributed by atoms with E-state index >= 15 is 0 Å². The average Bonchev–Trinajstić information content (AvgIpc) is 3.25. The van der Waals surface area contributed by atoms with Gasteiger partial charge in [0.15, 0.2) is 6.10 Å². The van der Waals surface area contributed by atoms with Gasteiger partial charge in [-0.25, -0.2) is 0 Å². The van der Waals surface area contributed by atoms with Crippen LogP contribution in [-0.4, -0.2) is 48.3 Å². The van der Waals surface area contributed by atoms with Crippen molar-refractivity contribution < 1.29 is 23.5 Å². The Morgan fingerprint density at radius 2 is 1.84 bits per heavy atom. The first kappa shape index (κ1) is 22.4. The number of benzene rings is 2. The number of amides is 1. The molecule has 1 heterocycles. The number of likely N-dealkylation sites (N-methyl/N-ethyl adjacent to an activating group) is 1. The molecule has 8 nitrogen and oxygen atoms in total. The molecule has 3 aromatic rings. The van der Waals surface area contributed by atoms with E-state index in [4.69, 9.17) is 30.3 Å². The van der Waals surface area contributed by atoms with Crippen LogP contribution in [0.1, 0.15) is 19.2 Å². The second-order valence-corrected chi connectivity index (χ2v) is 7.18. The predicted octanol–water partition coefficient (Wildman–Crippen LogP) is 4.22. The van der Waals surface area contributed by atoms with Gasteiger partial charge < -0.3 is 23.6 Å². The minimum absolute atomic E-state index is 0.144. The van der Waals surface area contributed by atoms with Crippen LogP contribution in [0.5, 0.6) is 17.2 Å². The number of carbonyl (C=O) groups is 1. The van der Waals surface area contributed by atoms with E-state index < -0.39 is 6.10 Å². The summed E-state index contributed by atoms with van der Waals surface area (Å²) in [5.74, 6) is 2.24. The molecule has 0 unspecified atom stereocenters. The zero-order valence-electron chi connectivity index (χ0n) is 17.8. The third-order valence-electron chi connectivity index (χ3n) is 4.60. The molecule has 0 aliphatic rings. The van der Waals surface area contributed by atoms with Crippen LogP contribution in [0.2, 0.25) is 5.02 Å². The minimum Gasteiger partial charge on any atom is -0.497 e. The molecular formula is C22H24ClN3O5. The monoisotopic (exact) mass is 445 g/mol. The van der Waals surface area contributed by atoms with E-state index in [1.54, 1.807) is 63.7 Å². The van der Waals surface area contributed by atoms with Crippen LogP contribution in [0.25, 0.3) is 11.4 Å². The zero-order chi connectivity index (χ0) is 22.4. The summed E-state index contributed by atoms with van der Waals surface area (Å²) in [4.78, 5) is 18.7. The van der Waals surface area contributed by atoms with Gasteiger partial charge in [-0.15, -0.1) is 0 Å². The Kier molecular flexibility index (Phi) is 7.36. The number of hydrogen-bond acceptors (Lipinski definition) is 7. The topological polar surface area (TPSA) is 86.9 Å². The molecule has 0 saturated carbocycles. The zero-order valence-corrected chi connectivity index (χ0v) is 18.5. The number of hydrogen-bond donors (Lipinski definition) is 0. The van der Waals surface area contributed by atoms with Crippen LogP contribution in [-0.2, 0) is 11.3 Å². The summed E-state index contributed by atoms with van der Waals surface area (Å²) in [6.45, 7) is 2.03. The summed E-state index contributed by atoms with van der Waals surface area (Å²) in [6, 6.07) is 12.2. The van der Waals surface area contributed by atoms with Crippen molar-refractivity contribution in [2.75, 3.05) is 21.3 Å². The standard InChI is InChI=1S/C22H24ClN3O5/c1-5-18(30-15-8-6-14(23)7-9-15)22(27)26(2)13-20-24-21(25-31-20)17-11-10-16(28-3)12-19(17)29-4/h6-12,18H,5,13H2,1-4H3/t18-/m0/s1. The van der Waals surface area contributed by atoms with E-state index in [1.165, 1.54) is 4.90 Å². The van der Waals surface area contributed by atoms with Crippen LogP contribution in [0.15, 0.2) is 47.0 Å². The van der Waals surface area contributed by atoms with Crippen molar-refractivity contribution in [1.82, 2.24) is 15.0 Å². The van der Waals surface area contributed by atoms with Crippen molar-refractivity contribution in [3.8, 4) is 28.6 Å². The van der Waals surface area contributed by atoms with Crippen LogP contribution in [0.3, 0.4) is 0 Å². The summed E-state index contributed by atoms with van der Waals surface area (Å²) in [7, 11) is 4.79. The Hall–Kier alpha value is -3.26. The molecule has 3 rings (SSSR count). The molecule has 164 valence electrons. The molecule has 0 spiro atoms. The van der Waals surface area contributed by atoms with E-state index in [0.29, 0.717) is 46.0 Å². The molecule has 31 heavy (non-hydrogen) atoms. The number of halogens is 1. The SMILES string of the molecule is CC[C@H](Oc1ccc(Cl)cc1)C(=O)N(C)Cc1nc(-c2ccc(OC)cc2OC)no1. The number of carbonyl (C=O) groups excluding carboxylic acids is 1. The fraction of sp³-hybridized carbons (Fsp3) is 0.318. The number of methoxy groups -OCH3 is 2. The van der Waals surface area contributed by atoms with Gasteiger partial charge in [-0.05, 0) is 42.8 Å². The Labute approximate surface area is 185 Å². The molecule has 1 atom stereocenters. The van der Waals surface area contributed by atoms with Gasteiger partial charge in [-0.3, -0.25) is 4.79 Å². The lowest BCUT2D eigenvalue weighted by Gasteiger charge is -2.22. The molecule has 1 amide bonds. The quantitative estimate of drug-likeness (QED) is 0.487. The van der Waals surface area contributed by atoms with E-state index in [2.05, 4.69) is 10.1 Å². The summed E-state index contributed by atoms with van der Waals surface area (Å²) >= 11 is 5.90. The maximum Gasteiger partial charge on any atom is 0.263 e. The maximum absolute atomic E-state index is 12.8. The lowest BCUT2D eigenvalue weighted by molar-refractivity contribution is -0.138. The molecule has 0 aliphatic carbocycles. The molecule has 0 fully saturated rings. The van der Waals surface area contributed by atoms with Gasteiger partial charge in [0.25, 0.3) is 5.91 Å². The van der Waals surface area contributed by atoms with Gasteiger partial charge in [-0.1, -0.05) is 23.7 Å². The van der Waals surface area contributed by atoms with E-state index in [-0.39, 0.29) is 12.5 Å². The number of ether oxygens (including phenoxy) is 3. The Balaban J connectivity index is 1.69.